The first-order valence-corrected chi connectivity index (χ1v) is 3.68. The number of carbonyl (C=O) groups is 1. The van der Waals surface area contributed by atoms with Crippen molar-refractivity contribution >= 4 is 5.78 Å². The van der Waals surface area contributed by atoms with Gasteiger partial charge in [0.15, 0.2) is 0 Å². The van der Waals surface area contributed by atoms with Gasteiger partial charge in [-0.25, -0.2) is 0 Å². The van der Waals surface area contributed by atoms with Gasteiger partial charge in [-0.15, -0.1) is 0 Å². The zero-order valence-corrected chi connectivity index (χ0v) is 7.01. The van der Waals surface area contributed by atoms with Gasteiger partial charge >= 0.3 is 6.18 Å². The molecule has 0 fully saturated rings. The Morgan fingerprint density at radius 2 is 1.92 bits per heavy atom. The Hall–Kier alpha value is -0.620. The quantitative estimate of drug-likeness (QED) is 0.694. The van der Waals surface area contributed by atoms with Gasteiger partial charge < -0.3 is 10.2 Å². The van der Waals surface area contributed by atoms with Crippen molar-refractivity contribution in [2.24, 2.45) is 5.92 Å². The number of halogens is 3. The van der Waals surface area contributed by atoms with E-state index in [4.69, 9.17) is 10.2 Å². The Kier molecular flexibility index (Phi) is 4.35. The van der Waals surface area contributed by atoms with Crippen LogP contribution in [0.1, 0.15) is 13.3 Å². The topological polar surface area (TPSA) is 57.5 Å². The van der Waals surface area contributed by atoms with Gasteiger partial charge in [0.2, 0.25) is 5.78 Å². The second-order valence-electron chi connectivity index (χ2n) is 2.81. The lowest BCUT2D eigenvalue weighted by Crippen LogP contribution is -2.30. The molecule has 0 bridgehead atoms. The lowest BCUT2D eigenvalue weighted by molar-refractivity contribution is -0.173. The molecule has 0 aromatic carbocycles. The molecule has 0 amide bonds. The minimum Gasteiger partial charge on any atom is -0.396 e. The summed E-state index contributed by atoms with van der Waals surface area (Å²) in [4.78, 5) is 10.4. The highest BCUT2D eigenvalue weighted by molar-refractivity contribution is 5.84. The lowest BCUT2D eigenvalue weighted by atomic mass is 9.98. The third-order valence-corrected chi connectivity index (χ3v) is 1.68. The molecular weight excluding hydrogens is 189 g/mol. The fourth-order valence-electron chi connectivity index (χ4n) is 0.742. The normalized spacial score (nSPS) is 16.8. The van der Waals surface area contributed by atoms with Gasteiger partial charge in [0, 0.05) is 18.9 Å². The molecular formula is C7H11F3O3. The largest absolute Gasteiger partial charge is 0.449 e. The van der Waals surface area contributed by atoms with Crippen molar-refractivity contribution in [1.82, 2.24) is 0 Å². The fourth-order valence-corrected chi connectivity index (χ4v) is 0.742. The maximum absolute atomic E-state index is 11.7. The standard InChI is InChI=1S/C7H11F3O3/c1-4(12)5(3-11)2-6(13)7(8,9)10/h4-5,11-12H,2-3H2,1H3/t4-,5-/m0/s1. The number of aliphatic hydroxyl groups excluding tert-OH is 2. The lowest BCUT2D eigenvalue weighted by Gasteiger charge is -2.16. The maximum Gasteiger partial charge on any atom is 0.449 e. The second-order valence-corrected chi connectivity index (χ2v) is 2.81. The number of hydrogen-bond donors (Lipinski definition) is 2. The Balaban J connectivity index is 4.18. The van der Waals surface area contributed by atoms with Crippen molar-refractivity contribution < 1.29 is 28.2 Å². The smallest absolute Gasteiger partial charge is 0.396 e. The van der Waals surface area contributed by atoms with E-state index in [9.17, 15) is 18.0 Å². The Bertz CT molecular complexity index is 176. The summed E-state index contributed by atoms with van der Waals surface area (Å²) in [5.74, 6) is -2.97. The summed E-state index contributed by atoms with van der Waals surface area (Å²) < 4.78 is 35.1. The van der Waals surface area contributed by atoms with Gasteiger partial charge in [-0.3, -0.25) is 4.79 Å². The summed E-state index contributed by atoms with van der Waals surface area (Å²) in [7, 11) is 0. The first-order chi connectivity index (χ1) is 5.79. The minimum atomic E-state index is -4.89. The Labute approximate surface area is 73.2 Å². The van der Waals surface area contributed by atoms with E-state index in [1.54, 1.807) is 0 Å². The molecule has 2 atom stereocenters. The van der Waals surface area contributed by atoms with Crippen LogP contribution in [0.4, 0.5) is 13.2 Å². The molecule has 2 N–H and O–H groups in total. The molecule has 0 aliphatic carbocycles. The molecule has 3 nitrogen and oxygen atoms in total. The molecule has 0 heterocycles. The van der Waals surface area contributed by atoms with Crippen LogP contribution in [0.15, 0.2) is 0 Å². The summed E-state index contributed by atoms with van der Waals surface area (Å²) in [6.45, 7) is 0.587. The second kappa shape index (κ2) is 4.57. The third kappa shape index (κ3) is 4.23. The summed E-state index contributed by atoms with van der Waals surface area (Å²) in [6.07, 6.45) is -6.89. The van der Waals surface area contributed by atoms with Crippen LogP contribution in [0.3, 0.4) is 0 Å². The number of Topliss-reactive ketones (excluding diaryl/α,β-unsaturated/α-hetero) is 1. The predicted octanol–water partition coefficient (Wildman–Crippen LogP) is 0.497. The first kappa shape index (κ1) is 12.4. The summed E-state index contributed by atoms with van der Waals surface area (Å²) in [6, 6.07) is 0. The monoisotopic (exact) mass is 200 g/mol. The minimum absolute atomic E-state index is 0.639. The van der Waals surface area contributed by atoms with E-state index >= 15 is 0 Å². The number of aliphatic hydroxyl groups is 2. The van der Waals surface area contributed by atoms with E-state index < -0.39 is 37.0 Å². The van der Waals surface area contributed by atoms with Crippen molar-refractivity contribution in [3.8, 4) is 0 Å². The average molecular weight is 200 g/mol. The summed E-state index contributed by atoms with van der Waals surface area (Å²) in [5.41, 5.74) is 0. The van der Waals surface area contributed by atoms with Crippen LogP contribution in [-0.2, 0) is 4.79 Å². The van der Waals surface area contributed by atoms with Crippen molar-refractivity contribution in [3.63, 3.8) is 0 Å². The van der Waals surface area contributed by atoms with Gasteiger partial charge in [0.05, 0.1) is 6.10 Å². The van der Waals surface area contributed by atoms with Crippen molar-refractivity contribution in [1.29, 1.82) is 0 Å². The molecule has 0 saturated heterocycles. The van der Waals surface area contributed by atoms with Crippen molar-refractivity contribution in [2.75, 3.05) is 6.61 Å². The van der Waals surface area contributed by atoms with Crippen LogP contribution in [-0.4, -0.2) is 34.9 Å². The number of ketones is 1. The van der Waals surface area contributed by atoms with E-state index in [0.29, 0.717) is 0 Å². The maximum atomic E-state index is 11.7. The van der Waals surface area contributed by atoms with Gasteiger partial charge in [0.1, 0.15) is 0 Å². The van der Waals surface area contributed by atoms with Crippen LogP contribution in [0.2, 0.25) is 0 Å². The summed E-state index contributed by atoms with van der Waals surface area (Å²) in [5, 5.41) is 17.4. The van der Waals surface area contributed by atoms with E-state index in [-0.39, 0.29) is 0 Å². The highest BCUT2D eigenvalue weighted by Gasteiger charge is 2.39. The SMILES string of the molecule is C[C@H](O)[C@H](CO)CC(=O)C(F)(F)F. The van der Waals surface area contributed by atoms with Crippen LogP contribution >= 0.6 is 0 Å². The van der Waals surface area contributed by atoms with Gasteiger partial charge in [-0.2, -0.15) is 13.2 Å². The summed E-state index contributed by atoms with van der Waals surface area (Å²) >= 11 is 0. The van der Waals surface area contributed by atoms with E-state index in [1.807, 2.05) is 0 Å². The van der Waals surface area contributed by atoms with Gasteiger partial charge in [-0.1, -0.05) is 0 Å². The first-order valence-electron chi connectivity index (χ1n) is 3.68. The van der Waals surface area contributed by atoms with Crippen LogP contribution in [0, 0.1) is 5.92 Å². The van der Waals surface area contributed by atoms with Crippen LogP contribution in [0.5, 0.6) is 0 Å². The van der Waals surface area contributed by atoms with Gasteiger partial charge in [0.25, 0.3) is 0 Å². The highest BCUT2D eigenvalue weighted by atomic mass is 19.4. The molecule has 0 radical (unpaired) electrons. The molecule has 13 heavy (non-hydrogen) atoms. The number of alkyl halides is 3. The average Bonchev–Trinajstić information content (AvgIpc) is 1.96. The van der Waals surface area contributed by atoms with Crippen LogP contribution < -0.4 is 0 Å². The molecule has 78 valence electrons. The third-order valence-electron chi connectivity index (χ3n) is 1.68. The van der Waals surface area contributed by atoms with E-state index in [2.05, 4.69) is 0 Å². The Morgan fingerprint density at radius 3 is 2.15 bits per heavy atom. The van der Waals surface area contributed by atoms with E-state index in [0.717, 1.165) is 0 Å². The number of rotatable bonds is 4. The molecule has 0 aliphatic rings. The molecule has 0 unspecified atom stereocenters. The molecule has 6 heteroatoms. The Morgan fingerprint density at radius 1 is 1.46 bits per heavy atom. The van der Waals surface area contributed by atoms with Crippen molar-refractivity contribution in [3.05, 3.63) is 0 Å². The predicted molar refractivity (Wildman–Crippen MR) is 37.9 cm³/mol. The number of hydrogen-bond acceptors (Lipinski definition) is 3. The van der Waals surface area contributed by atoms with Crippen molar-refractivity contribution in [2.45, 2.75) is 25.6 Å². The van der Waals surface area contributed by atoms with Gasteiger partial charge in [-0.05, 0) is 6.92 Å². The zero-order chi connectivity index (χ0) is 10.6. The number of carbonyl (C=O) groups excluding carboxylic acids is 1. The van der Waals surface area contributed by atoms with Crippen LogP contribution in [0.25, 0.3) is 0 Å². The molecule has 0 rings (SSSR count). The molecule has 0 aromatic heterocycles. The molecule has 0 aromatic rings. The van der Waals surface area contributed by atoms with E-state index in [1.165, 1.54) is 6.92 Å². The molecule has 0 saturated carbocycles. The molecule has 0 aliphatic heterocycles. The molecule has 0 spiro atoms. The fraction of sp³-hybridized carbons (Fsp3) is 0.857. The zero-order valence-electron chi connectivity index (χ0n) is 7.01. The highest BCUT2D eigenvalue weighted by Crippen LogP contribution is 2.21.